The number of rotatable bonds is 2. The number of carbonyl (C=O) groups is 1. The third kappa shape index (κ3) is 2.28. The first-order valence-electron chi connectivity index (χ1n) is 12.3. The zero-order valence-electron chi connectivity index (χ0n) is 19.5. The van der Waals surface area contributed by atoms with Gasteiger partial charge in [0.1, 0.15) is 11.9 Å². The molecule has 3 heterocycles. The SMILES string of the molecule is Cc1ccc2c3c1O[C@H]1[C@@H](OC(=O)N4CCC[C@H]4c4cccnc4)C=C[C@H]4[C@H](C)[C@]2(C)C[C@@]341. The molecule has 5 heteroatoms. The number of likely N-dealkylation sites (tertiary alicyclic amines) is 1. The van der Waals surface area contributed by atoms with Crippen LogP contribution in [0.4, 0.5) is 4.79 Å². The van der Waals surface area contributed by atoms with Gasteiger partial charge in [-0.15, -0.1) is 0 Å². The lowest BCUT2D eigenvalue weighted by atomic mass is 9.61. The zero-order valence-corrected chi connectivity index (χ0v) is 19.5. The molecular weight excluding hydrogens is 412 g/mol. The van der Waals surface area contributed by atoms with Crippen LogP contribution in [0.5, 0.6) is 5.75 Å². The summed E-state index contributed by atoms with van der Waals surface area (Å²) in [5.74, 6) is 2.00. The summed E-state index contributed by atoms with van der Waals surface area (Å²) < 4.78 is 12.9. The number of nitrogens with zero attached hydrogens (tertiary/aromatic N) is 2. The smallest absolute Gasteiger partial charge is 0.411 e. The number of hydrogen-bond acceptors (Lipinski definition) is 4. The molecule has 170 valence electrons. The third-order valence-electron chi connectivity index (χ3n) is 9.59. The van der Waals surface area contributed by atoms with Crippen molar-refractivity contribution in [1.82, 2.24) is 9.88 Å². The first kappa shape index (κ1) is 19.6. The van der Waals surface area contributed by atoms with Gasteiger partial charge in [0.2, 0.25) is 0 Å². The summed E-state index contributed by atoms with van der Waals surface area (Å²) in [6, 6.07) is 8.54. The summed E-state index contributed by atoms with van der Waals surface area (Å²) >= 11 is 0. The minimum Gasteiger partial charge on any atom is -0.485 e. The average Bonchev–Trinajstić information content (AvgIpc) is 3.54. The van der Waals surface area contributed by atoms with Gasteiger partial charge >= 0.3 is 6.09 Å². The Labute approximate surface area is 194 Å². The fourth-order valence-electron chi connectivity index (χ4n) is 7.98. The number of allylic oxidation sites excluding steroid dienone is 1. The van der Waals surface area contributed by atoms with Crippen molar-refractivity contribution >= 4 is 6.09 Å². The number of aromatic nitrogens is 1. The molecule has 2 aromatic rings. The molecule has 33 heavy (non-hydrogen) atoms. The minimum atomic E-state index is -0.379. The van der Waals surface area contributed by atoms with Crippen molar-refractivity contribution in [3.63, 3.8) is 0 Å². The molecule has 0 radical (unpaired) electrons. The topological polar surface area (TPSA) is 51.7 Å². The van der Waals surface area contributed by atoms with E-state index in [0.29, 0.717) is 18.4 Å². The van der Waals surface area contributed by atoms with Gasteiger partial charge in [-0.3, -0.25) is 4.98 Å². The summed E-state index contributed by atoms with van der Waals surface area (Å²) in [7, 11) is 0. The second kappa shape index (κ2) is 6.40. The lowest BCUT2D eigenvalue weighted by Gasteiger charge is -2.43. The summed E-state index contributed by atoms with van der Waals surface area (Å²) in [6.07, 6.45) is 10.3. The van der Waals surface area contributed by atoms with Gasteiger partial charge in [-0.25, -0.2) is 4.79 Å². The van der Waals surface area contributed by atoms with Crippen molar-refractivity contribution in [3.05, 3.63) is 71.1 Å². The fourth-order valence-corrected chi connectivity index (χ4v) is 7.98. The summed E-state index contributed by atoms with van der Waals surface area (Å²) in [5, 5.41) is 0. The highest BCUT2D eigenvalue weighted by molar-refractivity contribution is 5.70. The number of hydrogen-bond donors (Lipinski definition) is 0. The Hall–Kier alpha value is -2.82. The molecule has 2 bridgehead atoms. The van der Waals surface area contributed by atoms with Crippen LogP contribution in [-0.2, 0) is 15.6 Å². The maximum absolute atomic E-state index is 13.4. The normalized spacial score (nSPS) is 39.0. The van der Waals surface area contributed by atoms with E-state index in [1.165, 1.54) is 16.7 Å². The number of aryl methyl sites for hydroxylation is 1. The van der Waals surface area contributed by atoms with Crippen molar-refractivity contribution in [2.45, 2.75) is 69.1 Å². The van der Waals surface area contributed by atoms with Crippen LogP contribution in [0, 0.1) is 18.8 Å². The minimum absolute atomic E-state index is 0.0292. The monoisotopic (exact) mass is 442 g/mol. The second-order valence-electron chi connectivity index (χ2n) is 11.0. The molecule has 7 atom stereocenters. The van der Waals surface area contributed by atoms with E-state index < -0.39 is 0 Å². The Morgan fingerprint density at radius 2 is 2.15 bits per heavy atom. The molecule has 1 aromatic carbocycles. The highest BCUT2D eigenvalue weighted by Crippen LogP contribution is 2.73. The van der Waals surface area contributed by atoms with Gasteiger partial charge < -0.3 is 14.4 Å². The van der Waals surface area contributed by atoms with Crippen LogP contribution in [-0.4, -0.2) is 34.7 Å². The number of pyridine rings is 1. The van der Waals surface area contributed by atoms with E-state index in [0.717, 1.165) is 30.6 Å². The summed E-state index contributed by atoms with van der Waals surface area (Å²) in [6.45, 7) is 7.65. The van der Waals surface area contributed by atoms with Gasteiger partial charge in [0, 0.05) is 29.9 Å². The molecule has 5 nitrogen and oxygen atoms in total. The predicted molar refractivity (Wildman–Crippen MR) is 124 cm³/mol. The molecule has 2 aliphatic heterocycles. The van der Waals surface area contributed by atoms with Crippen LogP contribution in [0.15, 0.2) is 48.8 Å². The molecule has 1 saturated heterocycles. The lowest BCUT2D eigenvalue weighted by molar-refractivity contribution is -0.0134. The maximum atomic E-state index is 13.4. The van der Waals surface area contributed by atoms with E-state index in [2.05, 4.69) is 50.0 Å². The predicted octanol–water partition coefficient (Wildman–Crippen LogP) is 5.23. The van der Waals surface area contributed by atoms with Gasteiger partial charge in [-0.05, 0) is 72.3 Å². The molecule has 1 spiro atoms. The van der Waals surface area contributed by atoms with E-state index in [4.69, 9.17) is 9.47 Å². The van der Waals surface area contributed by atoms with E-state index in [1.807, 2.05) is 23.2 Å². The Balaban J connectivity index is 1.23. The number of amides is 1. The second-order valence-corrected chi connectivity index (χ2v) is 11.0. The van der Waals surface area contributed by atoms with Gasteiger partial charge in [0.15, 0.2) is 6.10 Å². The summed E-state index contributed by atoms with van der Waals surface area (Å²) in [4.78, 5) is 19.6. The number of ether oxygens (including phenoxy) is 2. The van der Waals surface area contributed by atoms with Gasteiger partial charge in [-0.1, -0.05) is 38.1 Å². The maximum Gasteiger partial charge on any atom is 0.411 e. The first-order valence-corrected chi connectivity index (χ1v) is 12.3. The average molecular weight is 443 g/mol. The Morgan fingerprint density at radius 3 is 2.97 bits per heavy atom. The molecule has 1 amide bonds. The molecule has 3 aliphatic carbocycles. The van der Waals surface area contributed by atoms with E-state index in [-0.39, 0.29) is 35.2 Å². The van der Waals surface area contributed by atoms with Crippen molar-refractivity contribution in [2.75, 3.05) is 6.54 Å². The molecular formula is C28H30N2O3. The standard InChI is InChI=1S/C28H30N2O3/c1-16-8-9-20-23-24(16)33-25-22(11-10-19-17(2)27(20,3)15-28(19,23)25)32-26(31)30-13-5-7-21(30)18-6-4-12-29-14-18/h4,6,8-12,14,17,19,21-22,25H,5,7,13,15H2,1-3H3/t17-,19-,21-,22-,25-,27-,28-/m0/s1. The highest BCUT2D eigenvalue weighted by Gasteiger charge is 2.73. The summed E-state index contributed by atoms with van der Waals surface area (Å²) in [5.41, 5.74) is 5.17. The van der Waals surface area contributed by atoms with Crippen LogP contribution in [0.25, 0.3) is 0 Å². The van der Waals surface area contributed by atoms with Crippen LogP contribution in [0.1, 0.15) is 61.4 Å². The van der Waals surface area contributed by atoms with E-state index in [9.17, 15) is 4.79 Å². The van der Waals surface area contributed by atoms with Crippen LogP contribution in [0.2, 0.25) is 0 Å². The quantitative estimate of drug-likeness (QED) is 0.598. The van der Waals surface area contributed by atoms with E-state index in [1.54, 1.807) is 6.20 Å². The van der Waals surface area contributed by atoms with Crippen molar-refractivity contribution in [1.29, 1.82) is 0 Å². The number of benzene rings is 1. The first-order chi connectivity index (χ1) is 15.9. The highest BCUT2D eigenvalue weighted by atomic mass is 16.6. The Morgan fingerprint density at radius 1 is 1.27 bits per heavy atom. The number of carbonyl (C=O) groups excluding carboxylic acids is 1. The van der Waals surface area contributed by atoms with Crippen LogP contribution >= 0.6 is 0 Å². The van der Waals surface area contributed by atoms with Gasteiger partial charge in [0.05, 0.1) is 6.04 Å². The molecule has 7 rings (SSSR count). The zero-order chi connectivity index (χ0) is 22.5. The Kier molecular flexibility index (Phi) is 3.81. The third-order valence-corrected chi connectivity index (χ3v) is 9.59. The van der Waals surface area contributed by atoms with E-state index >= 15 is 0 Å². The molecule has 0 unspecified atom stereocenters. The molecule has 5 aliphatic rings. The lowest BCUT2D eigenvalue weighted by Crippen LogP contribution is -2.52. The van der Waals surface area contributed by atoms with Crippen LogP contribution in [0.3, 0.4) is 0 Å². The Bertz CT molecular complexity index is 1190. The number of fused-ring (bicyclic) bond motifs is 2. The molecule has 1 saturated carbocycles. The van der Waals surface area contributed by atoms with Gasteiger partial charge in [0.25, 0.3) is 0 Å². The van der Waals surface area contributed by atoms with Crippen molar-refractivity contribution in [3.8, 4) is 5.75 Å². The van der Waals surface area contributed by atoms with Crippen molar-refractivity contribution < 1.29 is 14.3 Å². The van der Waals surface area contributed by atoms with Gasteiger partial charge in [-0.2, -0.15) is 0 Å². The van der Waals surface area contributed by atoms with Crippen LogP contribution < -0.4 is 4.74 Å². The molecule has 1 aromatic heterocycles. The fraction of sp³-hybridized carbons (Fsp3) is 0.500. The van der Waals surface area contributed by atoms with Crippen molar-refractivity contribution in [2.24, 2.45) is 11.8 Å². The molecule has 2 fully saturated rings. The molecule has 0 N–H and O–H groups in total. The largest absolute Gasteiger partial charge is 0.485 e.